The topological polar surface area (TPSA) is 101 Å². The van der Waals surface area contributed by atoms with Crippen LogP contribution >= 0.6 is 0 Å². The summed E-state index contributed by atoms with van der Waals surface area (Å²) in [5, 5.41) is 2.96. The lowest BCUT2D eigenvalue weighted by Gasteiger charge is -2.21. The van der Waals surface area contributed by atoms with E-state index < -0.39 is 39.5 Å². The summed E-state index contributed by atoms with van der Waals surface area (Å²) in [6.45, 7) is 1.18. The second-order valence-corrected chi connectivity index (χ2v) is 12.9. The Kier molecular flexibility index (Phi) is 8.64. The molecule has 2 aromatic heterocycles. The van der Waals surface area contributed by atoms with Crippen molar-refractivity contribution >= 4 is 15.7 Å². The van der Waals surface area contributed by atoms with Gasteiger partial charge in [0.2, 0.25) is 0 Å². The number of rotatable bonds is 4. The average Bonchev–Trinajstić information content (AvgIpc) is 3.71. The first-order valence-electron chi connectivity index (χ1n) is 13.7. The Morgan fingerprint density at radius 2 is 1.43 bits per heavy atom. The van der Waals surface area contributed by atoms with Crippen LogP contribution in [0.2, 0.25) is 0 Å². The van der Waals surface area contributed by atoms with Crippen LogP contribution in [0.3, 0.4) is 0 Å². The van der Waals surface area contributed by atoms with Gasteiger partial charge in [-0.25, -0.2) is 8.42 Å². The first kappa shape index (κ1) is 31.7. The van der Waals surface area contributed by atoms with Gasteiger partial charge in [0.15, 0.2) is 9.84 Å². The lowest BCUT2D eigenvalue weighted by molar-refractivity contribution is -0.142. The molecule has 1 N–H and O–H groups in total. The minimum Gasteiger partial charge on any atom is -0.490 e. The highest BCUT2D eigenvalue weighted by Gasteiger charge is 2.36. The smallest absolute Gasteiger partial charge is 0.433 e. The molecule has 2 aliphatic heterocycles. The molecule has 1 aromatic carbocycles. The number of hydrogen-bond acceptors (Lipinski definition) is 7. The largest absolute Gasteiger partial charge is 0.490 e. The molecule has 0 saturated heterocycles. The quantitative estimate of drug-likeness (QED) is 0.366. The number of nitrogens with zero attached hydrogens (tertiary/aromatic N) is 3. The fourth-order valence-corrected chi connectivity index (χ4v) is 5.93. The number of pyridine rings is 2. The Hall–Kier alpha value is -3.72. The Morgan fingerprint density at radius 3 is 2.05 bits per heavy atom. The molecule has 0 atom stereocenters. The molecule has 0 radical (unpaired) electrons. The summed E-state index contributed by atoms with van der Waals surface area (Å²) in [6.07, 6.45) is -1.75. The number of carbonyl (C=O) groups excluding carboxylic acids is 1. The van der Waals surface area contributed by atoms with Crippen LogP contribution in [0.4, 0.5) is 26.3 Å². The predicted molar refractivity (Wildman–Crippen MR) is 145 cm³/mol. The van der Waals surface area contributed by atoms with E-state index in [-0.39, 0.29) is 35.4 Å². The SMILES string of the molecule is CS(=O)(=O)c1ccc(OC2CCCC2)c(C(=O)N2Cc3cnc(C(F)(F)F)cc3C2)c1.FC(F)(F)c1cc2c(cn1)CNC2. The molecule has 3 aliphatic rings. The highest BCUT2D eigenvalue weighted by molar-refractivity contribution is 7.90. The maximum Gasteiger partial charge on any atom is 0.433 e. The molecule has 1 saturated carbocycles. The van der Waals surface area contributed by atoms with E-state index in [2.05, 4.69) is 15.3 Å². The molecule has 6 rings (SSSR count). The van der Waals surface area contributed by atoms with Crippen molar-refractivity contribution in [3.05, 3.63) is 81.9 Å². The Balaban J connectivity index is 0.000000245. The molecule has 44 heavy (non-hydrogen) atoms. The van der Waals surface area contributed by atoms with Crippen LogP contribution in [0, 0.1) is 0 Å². The lowest BCUT2D eigenvalue weighted by Crippen LogP contribution is -2.27. The third-order valence-corrected chi connectivity index (χ3v) is 8.70. The van der Waals surface area contributed by atoms with Crippen LogP contribution in [-0.4, -0.2) is 41.6 Å². The normalized spacial score (nSPS) is 16.8. The number of ether oxygens (including phenoxy) is 1. The summed E-state index contributed by atoms with van der Waals surface area (Å²) < 4.78 is 105. The summed E-state index contributed by atoms with van der Waals surface area (Å²) in [5.41, 5.74) is 0.717. The molecule has 1 fully saturated rings. The summed E-state index contributed by atoms with van der Waals surface area (Å²) >= 11 is 0. The number of sulfone groups is 1. The molecule has 1 amide bonds. The molecule has 8 nitrogen and oxygen atoms in total. The Bertz CT molecular complexity index is 1670. The number of fused-ring (bicyclic) bond motifs is 2. The maximum absolute atomic E-state index is 13.3. The molecule has 0 spiro atoms. The zero-order valence-corrected chi connectivity index (χ0v) is 24.2. The minimum absolute atomic E-state index is 0.0210. The van der Waals surface area contributed by atoms with E-state index >= 15 is 0 Å². The third kappa shape index (κ3) is 7.15. The molecule has 0 bridgehead atoms. The van der Waals surface area contributed by atoms with Crippen LogP contribution in [0.15, 0.2) is 47.6 Å². The van der Waals surface area contributed by atoms with E-state index in [4.69, 9.17) is 4.74 Å². The fourth-order valence-electron chi connectivity index (χ4n) is 5.28. The van der Waals surface area contributed by atoms with E-state index in [1.807, 2.05) is 0 Å². The van der Waals surface area contributed by atoms with Gasteiger partial charge in [0.1, 0.15) is 17.1 Å². The van der Waals surface area contributed by atoms with Crippen LogP contribution in [0.1, 0.15) is 69.7 Å². The van der Waals surface area contributed by atoms with Crippen LogP contribution in [0.25, 0.3) is 0 Å². The second kappa shape index (κ2) is 12.0. The predicted octanol–water partition coefficient (Wildman–Crippen LogP) is 5.68. The summed E-state index contributed by atoms with van der Waals surface area (Å²) in [6, 6.07) is 6.22. The first-order valence-corrected chi connectivity index (χ1v) is 15.6. The zero-order chi connectivity index (χ0) is 31.9. The number of hydrogen-bond donors (Lipinski definition) is 1. The van der Waals surface area contributed by atoms with Gasteiger partial charge in [-0.3, -0.25) is 14.8 Å². The van der Waals surface area contributed by atoms with Crippen LogP contribution < -0.4 is 10.1 Å². The van der Waals surface area contributed by atoms with Gasteiger partial charge in [-0.05, 0) is 78.3 Å². The van der Waals surface area contributed by atoms with Gasteiger partial charge >= 0.3 is 12.4 Å². The zero-order valence-electron chi connectivity index (χ0n) is 23.4. The molecule has 4 heterocycles. The van der Waals surface area contributed by atoms with E-state index in [1.165, 1.54) is 29.3 Å². The number of halogens is 6. The fraction of sp³-hybridized carbons (Fsp3) is 0.414. The highest BCUT2D eigenvalue weighted by Crippen LogP contribution is 2.34. The Labute approximate surface area is 249 Å². The number of aromatic nitrogens is 2. The van der Waals surface area contributed by atoms with Gasteiger partial charge in [-0.1, -0.05) is 0 Å². The average molecular weight is 643 g/mol. The van der Waals surface area contributed by atoms with Crippen molar-refractivity contribution < 1.29 is 44.3 Å². The number of carbonyl (C=O) groups is 1. The number of benzene rings is 1. The van der Waals surface area contributed by atoms with Crippen molar-refractivity contribution in [3.63, 3.8) is 0 Å². The summed E-state index contributed by atoms with van der Waals surface area (Å²) in [5.74, 6) is -0.211. The molecule has 236 valence electrons. The number of nitrogens with one attached hydrogen (secondary N) is 1. The van der Waals surface area contributed by atoms with Crippen molar-refractivity contribution in [1.29, 1.82) is 0 Å². The van der Waals surface area contributed by atoms with Crippen molar-refractivity contribution in [2.75, 3.05) is 6.26 Å². The van der Waals surface area contributed by atoms with Crippen molar-refractivity contribution in [1.82, 2.24) is 20.2 Å². The molecule has 0 unspecified atom stereocenters. The van der Waals surface area contributed by atoms with Crippen molar-refractivity contribution in [2.45, 2.75) is 75.2 Å². The third-order valence-electron chi connectivity index (χ3n) is 7.59. The molecular weight excluding hydrogens is 614 g/mol. The van der Waals surface area contributed by atoms with Crippen molar-refractivity contribution in [2.24, 2.45) is 0 Å². The summed E-state index contributed by atoms with van der Waals surface area (Å²) in [7, 11) is -3.56. The van der Waals surface area contributed by atoms with Crippen LogP contribution in [-0.2, 0) is 48.4 Å². The standard InChI is InChI=1S/C21H21F3N2O4S.C8H7F3N2/c1-31(28,29)16-6-7-18(30-15-4-2-3-5-15)17(9-16)20(27)26-11-13-8-19(21(22,23)24)25-10-14(13)12-26;9-8(10,11)7-1-5-2-12-3-6(5)4-13-7/h6-10,15H,2-5,11-12H2,1H3;1,4,12H,2-3H2. The second-order valence-electron chi connectivity index (χ2n) is 10.9. The van der Waals surface area contributed by atoms with Gasteiger partial charge in [0.05, 0.1) is 16.6 Å². The van der Waals surface area contributed by atoms with Crippen molar-refractivity contribution in [3.8, 4) is 5.75 Å². The Morgan fingerprint density at radius 1 is 0.864 bits per heavy atom. The molecule has 1 aliphatic carbocycles. The van der Waals surface area contributed by atoms with Gasteiger partial charge < -0.3 is 15.0 Å². The van der Waals surface area contributed by atoms with Crippen LogP contribution in [0.5, 0.6) is 5.75 Å². The van der Waals surface area contributed by atoms with E-state index in [0.717, 1.165) is 55.8 Å². The van der Waals surface area contributed by atoms with E-state index in [1.54, 1.807) is 0 Å². The van der Waals surface area contributed by atoms with E-state index in [9.17, 15) is 39.6 Å². The van der Waals surface area contributed by atoms with E-state index in [0.29, 0.717) is 29.8 Å². The van der Waals surface area contributed by atoms with Gasteiger partial charge in [-0.2, -0.15) is 26.3 Å². The number of amides is 1. The molecule has 15 heteroatoms. The maximum atomic E-state index is 13.3. The number of alkyl halides is 6. The van der Waals surface area contributed by atoms with Gasteiger partial charge in [0.25, 0.3) is 5.91 Å². The summed E-state index contributed by atoms with van der Waals surface area (Å²) in [4.78, 5) is 21.4. The highest BCUT2D eigenvalue weighted by atomic mass is 32.2. The monoisotopic (exact) mass is 642 g/mol. The minimum atomic E-state index is -4.57. The van der Waals surface area contributed by atoms with Gasteiger partial charge in [0, 0.05) is 44.8 Å². The molecule has 3 aromatic rings. The first-order chi connectivity index (χ1) is 20.6. The molecular formula is C29H28F6N4O4S. The lowest BCUT2D eigenvalue weighted by atomic mass is 10.1. The van der Waals surface area contributed by atoms with Gasteiger partial charge in [-0.15, -0.1) is 0 Å².